The van der Waals surface area contributed by atoms with Crippen molar-refractivity contribution in [2.45, 2.75) is 25.5 Å². The summed E-state index contributed by atoms with van der Waals surface area (Å²) in [5.41, 5.74) is 3.21. The Bertz CT molecular complexity index is 194. The van der Waals surface area contributed by atoms with E-state index in [9.17, 15) is 0 Å². The third kappa shape index (κ3) is 2.39. The lowest BCUT2D eigenvalue weighted by atomic mass is 9.86. The monoisotopic (exact) mass is 200 g/mol. The zero-order chi connectivity index (χ0) is 9.10. The Balaban J connectivity index is 1.63. The maximum Gasteiger partial charge on any atom is 0.146 e. The molecule has 0 saturated heterocycles. The van der Waals surface area contributed by atoms with Gasteiger partial charge in [-0.1, -0.05) is 6.42 Å². The van der Waals surface area contributed by atoms with Gasteiger partial charge in [-0.05, 0) is 36.8 Å². The highest BCUT2D eigenvalue weighted by molar-refractivity contribution is 7.96. The molecule has 0 bridgehead atoms. The molecule has 1 atom stereocenters. The van der Waals surface area contributed by atoms with Gasteiger partial charge in [-0.3, -0.25) is 4.41 Å². The second-order valence-electron chi connectivity index (χ2n) is 3.53. The van der Waals surface area contributed by atoms with E-state index in [1.54, 1.807) is 11.9 Å². The lowest BCUT2D eigenvalue weighted by molar-refractivity contribution is 0.0105. The molecule has 1 saturated carbocycles. The molecule has 2 aliphatic rings. The first kappa shape index (κ1) is 9.37. The topological polar surface area (TPSA) is 24.5 Å². The van der Waals surface area contributed by atoms with Crippen LogP contribution in [0.25, 0.3) is 0 Å². The quantitative estimate of drug-likeness (QED) is 0.699. The maximum atomic E-state index is 5.69. The molecule has 0 aromatic heterocycles. The molecule has 2 rings (SSSR count). The van der Waals surface area contributed by atoms with E-state index in [2.05, 4.69) is 11.5 Å². The fourth-order valence-corrected chi connectivity index (χ4v) is 1.87. The van der Waals surface area contributed by atoms with E-state index in [4.69, 9.17) is 4.74 Å². The van der Waals surface area contributed by atoms with Crippen molar-refractivity contribution in [3.63, 3.8) is 0 Å². The van der Waals surface area contributed by atoms with Gasteiger partial charge in [0, 0.05) is 12.5 Å². The van der Waals surface area contributed by atoms with Gasteiger partial charge in [0.25, 0.3) is 0 Å². The predicted octanol–water partition coefficient (Wildman–Crippen LogP) is 1.74. The SMILES string of the molecule is CSN1C=C[C@@H](OCC2CCC2)N1. The Morgan fingerprint density at radius 1 is 1.62 bits per heavy atom. The molecule has 0 amide bonds. The number of rotatable bonds is 4. The highest BCUT2D eigenvalue weighted by atomic mass is 32.2. The molecule has 1 heterocycles. The van der Waals surface area contributed by atoms with E-state index >= 15 is 0 Å². The molecule has 1 aliphatic carbocycles. The summed E-state index contributed by atoms with van der Waals surface area (Å²) in [6.45, 7) is 0.907. The van der Waals surface area contributed by atoms with Gasteiger partial charge >= 0.3 is 0 Å². The van der Waals surface area contributed by atoms with E-state index in [1.165, 1.54) is 19.3 Å². The number of nitrogens with one attached hydrogen (secondary N) is 1. The molecular weight excluding hydrogens is 184 g/mol. The summed E-state index contributed by atoms with van der Waals surface area (Å²) in [5, 5.41) is 0. The fraction of sp³-hybridized carbons (Fsp3) is 0.778. The number of hydrogen-bond acceptors (Lipinski definition) is 4. The third-order valence-corrected chi connectivity index (χ3v) is 3.20. The van der Waals surface area contributed by atoms with Crippen molar-refractivity contribution >= 4 is 11.9 Å². The maximum absolute atomic E-state index is 5.69. The Kier molecular flexibility index (Phi) is 3.14. The van der Waals surface area contributed by atoms with Crippen LogP contribution in [0.1, 0.15) is 19.3 Å². The second-order valence-corrected chi connectivity index (χ2v) is 4.29. The van der Waals surface area contributed by atoms with Crippen LogP contribution in [0.15, 0.2) is 12.3 Å². The Morgan fingerprint density at radius 3 is 3.00 bits per heavy atom. The number of hydrazine groups is 1. The number of nitrogens with zero attached hydrogens (tertiary/aromatic N) is 1. The lowest BCUT2D eigenvalue weighted by Gasteiger charge is -2.26. The molecule has 3 nitrogen and oxygen atoms in total. The average molecular weight is 200 g/mol. The van der Waals surface area contributed by atoms with Crippen LogP contribution in [-0.4, -0.2) is 23.5 Å². The normalized spacial score (nSPS) is 28.1. The third-order valence-electron chi connectivity index (χ3n) is 2.58. The van der Waals surface area contributed by atoms with Gasteiger partial charge in [0.1, 0.15) is 6.23 Å². The first-order valence-electron chi connectivity index (χ1n) is 4.78. The molecule has 1 aliphatic heterocycles. The van der Waals surface area contributed by atoms with Gasteiger partial charge in [0.05, 0.1) is 6.61 Å². The molecule has 1 fully saturated rings. The highest BCUT2D eigenvalue weighted by Gasteiger charge is 2.20. The van der Waals surface area contributed by atoms with Crippen molar-refractivity contribution in [2.24, 2.45) is 5.92 Å². The largest absolute Gasteiger partial charge is 0.358 e. The van der Waals surface area contributed by atoms with E-state index in [0.717, 1.165) is 12.5 Å². The first-order chi connectivity index (χ1) is 6.38. The highest BCUT2D eigenvalue weighted by Crippen LogP contribution is 2.26. The summed E-state index contributed by atoms with van der Waals surface area (Å²) < 4.78 is 7.65. The molecule has 0 spiro atoms. The molecule has 1 N–H and O–H groups in total. The molecule has 0 aromatic rings. The van der Waals surface area contributed by atoms with E-state index in [1.807, 2.05) is 16.9 Å². The lowest BCUT2D eigenvalue weighted by Crippen LogP contribution is -2.34. The van der Waals surface area contributed by atoms with E-state index < -0.39 is 0 Å². The van der Waals surface area contributed by atoms with Crippen molar-refractivity contribution in [1.82, 2.24) is 9.84 Å². The van der Waals surface area contributed by atoms with Crippen molar-refractivity contribution in [3.8, 4) is 0 Å². The summed E-state index contributed by atoms with van der Waals surface area (Å²) in [7, 11) is 0. The molecule has 13 heavy (non-hydrogen) atoms. The minimum Gasteiger partial charge on any atom is -0.358 e. The number of hydrogen-bond donors (Lipinski definition) is 1. The van der Waals surface area contributed by atoms with Crippen LogP contribution in [0.4, 0.5) is 0 Å². The molecule has 0 unspecified atom stereocenters. The van der Waals surface area contributed by atoms with Crippen molar-refractivity contribution in [3.05, 3.63) is 12.3 Å². The zero-order valence-corrected chi connectivity index (χ0v) is 8.72. The Morgan fingerprint density at radius 2 is 2.46 bits per heavy atom. The van der Waals surface area contributed by atoms with Crippen LogP contribution in [0, 0.1) is 5.92 Å². The smallest absolute Gasteiger partial charge is 0.146 e. The molecular formula is C9H16N2OS. The zero-order valence-electron chi connectivity index (χ0n) is 7.90. The van der Waals surface area contributed by atoms with Crippen LogP contribution in [0.3, 0.4) is 0 Å². The Hall–Kier alpha value is -0.190. The molecule has 4 heteroatoms. The van der Waals surface area contributed by atoms with Crippen molar-refractivity contribution in [2.75, 3.05) is 12.9 Å². The number of ether oxygens (including phenoxy) is 1. The standard InChI is InChI=1S/C9H16N2OS/c1-13-11-6-5-9(10-11)12-7-8-3-2-4-8/h5-6,8-10H,2-4,7H2,1H3/t9-/m1/s1. The summed E-state index contributed by atoms with van der Waals surface area (Å²) in [6, 6.07) is 0. The summed E-state index contributed by atoms with van der Waals surface area (Å²) in [4.78, 5) is 0. The second kappa shape index (κ2) is 4.35. The van der Waals surface area contributed by atoms with Gasteiger partial charge in [0.2, 0.25) is 0 Å². The van der Waals surface area contributed by atoms with Gasteiger partial charge in [-0.25, -0.2) is 0 Å². The minimum absolute atomic E-state index is 0.0908. The Labute approximate surface area is 83.6 Å². The van der Waals surface area contributed by atoms with Crippen molar-refractivity contribution < 1.29 is 4.74 Å². The predicted molar refractivity (Wildman–Crippen MR) is 54.7 cm³/mol. The minimum atomic E-state index is 0.0908. The first-order valence-corrected chi connectivity index (χ1v) is 5.96. The van der Waals surface area contributed by atoms with Crippen molar-refractivity contribution in [1.29, 1.82) is 0 Å². The van der Waals surface area contributed by atoms with Gasteiger partial charge < -0.3 is 4.74 Å². The molecule has 0 radical (unpaired) electrons. The average Bonchev–Trinajstić information content (AvgIpc) is 2.49. The van der Waals surface area contributed by atoms with Crippen LogP contribution >= 0.6 is 11.9 Å². The van der Waals surface area contributed by atoms with Crippen LogP contribution in [-0.2, 0) is 4.74 Å². The molecule has 74 valence electrons. The fourth-order valence-electron chi connectivity index (χ4n) is 1.47. The summed E-state index contributed by atoms with van der Waals surface area (Å²) >= 11 is 1.65. The van der Waals surface area contributed by atoms with E-state index in [-0.39, 0.29) is 6.23 Å². The summed E-state index contributed by atoms with van der Waals surface area (Å²) in [5.74, 6) is 0.818. The van der Waals surface area contributed by atoms with Crippen LogP contribution in [0.5, 0.6) is 0 Å². The van der Waals surface area contributed by atoms with Gasteiger partial charge in [0.15, 0.2) is 0 Å². The van der Waals surface area contributed by atoms with Gasteiger partial charge in [-0.15, -0.1) is 0 Å². The summed E-state index contributed by atoms with van der Waals surface area (Å²) in [6.07, 6.45) is 10.3. The van der Waals surface area contributed by atoms with Crippen LogP contribution in [0.2, 0.25) is 0 Å². The molecule has 0 aromatic carbocycles. The van der Waals surface area contributed by atoms with E-state index in [0.29, 0.717) is 0 Å². The van der Waals surface area contributed by atoms with Crippen LogP contribution < -0.4 is 5.43 Å². The van der Waals surface area contributed by atoms with Gasteiger partial charge in [-0.2, -0.15) is 5.43 Å².